The van der Waals surface area contributed by atoms with E-state index in [1.165, 1.54) is 6.42 Å². The van der Waals surface area contributed by atoms with Gasteiger partial charge in [0.1, 0.15) is 0 Å². The lowest BCUT2D eigenvalue weighted by Gasteiger charge is -2.31. The summed E-state index contributed by atoms with van der Waals surface area (Å²) in [6.45, 7) is 0. The molecule has 4 aliphatic rings. The van der Waals surface area contributed by atoms with Gasteiger partial charge in [0, 0.05) is 0 Å². The first kappa shape index (κ1) is 8.45. The molecule has 4 atom stereocenters. The van der Waals surface area contributed by atoms with Gasteiger partial charge < -0.3 is 4.74 Å². The van der Waals surface area contributed by atoms with Gasteiger partial charge in [0.05, 0.1) is 11.8 Å². The van der Waals surface area contributed by atoms with Crippen LogP contribution in [0.15, 0.2) is 0 Å². The zero-order valence-corrected chi connectivity index (χ0v) is 8.07. The van der Waals surface area contributed by atoms with E-state index in [2.05, 4.69) is 0 Å². The lowest BCUT2D eigenvalue weighted by atomic mass is 9.69. The molecule has 3 heteroatoms. The Hall–Kier alpha value is -0.860. The van der Waals surface area contributed by atoms with E-state index in [9.17, 15) is 9.59 Å². The van der Waals surface area contributed by atoms with E-state index in [1.807, 2.05) is 0 Å². The van der Waals surface area contributed by atoms with Crippen molar-refractivity contribution in [1.82, 2.24) is 0 Å². The fourth-order valence-corrected chi connectivity index (χ4v) is 3.58. The Bertz CT molecular complexity index is 265. The molecule has 1 heterocycles. The molecular formula is C11H14O3. The molecule has 3 saturated carbocycles. The Balaban J connectivity index is 2.00. The van der Waals surface area contributed by atoms with E-state index in [4.69, 9.17) is 4.74 Å². The van der Waals surface area contributed by atoms with E-state index in [0.29, 0.717) is 11.8 Å². The van der Waals surface area contributed by atoms with Gasteiger partial charge in [0.15, 0.2) is 0 Å². The van der Waals surface area contributed by atoms with Gasteiger partial charge in [-0.05, 0) is 37.5 Å². The molecule has 4 rings (SSSR count). The molecule has 3 nitrogen and oxygen atoms in total. The first-order valence-corrected chi connectivity index (χ1v) is 5.53. The molecule has 4 fully saturated rings. The summed E-state index contributed by atoms with van der Waals surface area (Å²) < 4.78 is 4.77. The van der Waals surface area contributed by atoms with Gasteiger partial charge >= 0.3 is 11.9 Å². The normalized spacial score (nSPS) is 46.0. The van der Waals surface area contributed by atoms with Crippen LogP contribution in [0.1, 0.15) is 32.1 Å². The van der Waals surface area contributed by atoms with Crippen molar-refractivity contribution in [3.8, 4) is 0 Å². The molecule has 2 bridgehead atoms. The van der Waals surface area contributed by atoms with Crippen LogP contribution in [0, 0.1) is 23.7 Å². The molecule has 0 amide bonds. The van der Waals surface area contributed by atoms with Crippen molar-refractivity contribution in [3.05, 3.63) is 0 Å². The molecule has 0 aromatic heterocycles. The lowest BCUT2D eigenvalue weighted by Crippen LogP contribution is -2.34. The number of cyclic esters (lactones) is 2. The second-order valence-corrected chi connectivity index (χ2v) is 4.82. The molecule has 1 aliphatic heterocycles. The summed E-state index contributed by atoms with van der Waals surface area (Å²) in [6.07, 6.45) is 5.64. The van der Waals surface area contributed by atoms with E-state index in [1.54, 1.807) is 0 Å². The Kier molecular flexibility index (Phi) is 1.70. The number of carbonyl (C=O) groups excluding carboxylic acids is 2. The average molecular weight is 194 g/mol. The van der Waals surface area contributed by atoms with Crippen LogP contribution in [0.2, 0.25) is 0 Å². The Morgan fingerprint density at radius 3 is 1.86 bits per heavy atom. The highest BCUT2D eigenvalue weighted by molar-refractivity contribution is 5.97. The first-order valence-electron chi connectivity index (χ1n) is 5.53. The van der Waals surface area contributed by atoms with Crippen molar-refractivity contribution in [3.63, 3.8) is 0 Å². The molecular weight excluding hydrogens is 180 g/mol. The van der Waals surface area contributed by atoms with E-state index < -0.39 is 0 Å². The smallest absolute Gasteiger partial charge is 0.317 e. The Morgan fingerprint density at radius 2 is 1.36 bits per heavy atom. The number of fused-ring (bicyclic) bond motifs is 3. The number of carbonyl (C=O) groups is 2. The number of hydrogen-bond donors (Lipinski definition) is 0. The zero-order chi connectivity index (χ0) is 9.71. The van der Waals surface area contributed by atoms with Crippen LogP contribution in [0.3, 0.4) is 0 Å². The lowest BCUT2D eigenvalue weighted by molar-refractivity contribution is -0.154. The van der Waals surface area contributed by atoms with Crippen molar-refractivity contribution >= 4 is 11.9 Å². The largest absolute Gasteiger partial charge is 0.393 e. The van der Waals surface area contributed by atoms with Crippen LogP contribution in [-0.2, 0) is 14.3 Å². The molecule has 0 spiro atoms. The van der Waals surface area contributed by atoms with E-state index >= 15 is 0 Å². The zero-order valence-electron chi connectivity index (χ0n) is 8.07. The quantitative estimate of drug-likeness (QED) is 0.433. The van der Waals surface area contributed by atoms with Crippen LogP contribution in [0.5, 0.6) is 0 Å². The van der Waals surface area contributed by atoms with Gasteiger partial charge in [-0.1, -0.05) is 6.42 Å². The summed E-state index contributed by atoms with van der Waals surface area (Å²) in [6, 6.07) is 0. The summed E-state index contributed by atoms with van der Waals surface area (Å²) in [7, 11) is 0. The molecule has 76 valence electrons. The van der Waals surface area contributed by atoms with Crippen LogP contribution in [0.25, 0.3) is 0 Å². The Morgan fingerprint density at radius 1 is 0.857 bits per heavy atom. The monoisotopic (exact) mass is 194 g/mol. The summed E-state index contributed by atoms with van der Waals surface area (Å²) in [5, 5.41) is 0. The minimum atomic E-state index is -0.239. The van der Waals surface area contributed by atoms with Crippen LogP contribution < -0.4 is 0 Å². The molecule has 4 unspecified atom stereocenters. The SMILES string of the molecule is O=C1OC(=O)C2C3CCCC(CC3)C12. The minimum absolute atomic E-state index is 0.0799. The van der Waals surface area contributed by atoms with Crippen molar-refractivity contribution in [2.75, 3.05) is 0 Å². The predicted octanol–water partition coefficient (Wildman–Crippen LogP) is 1.51. The highest BCUT2D eigenvalue weighted by Crippen LogP contribution is 2.50. The maximum absolute atomic E-state index is 11.5. The maximum atomic E-state index is 11.5. The van der Waals surface area contributed by atoms with Crippen LogP contribution >= 0.6 is 0 Å². The third kappa shape index (κ3) is 0.983. The second-order valence-electron chi connectivity index (χ2n) is 4.82. The van der Waals surface area contributed by atoms with Gasteiger partial charge in [-0.15, -0.1) is 0 Å². The number of rotatable bonds is 0. The summed E-state index contributed by atoms with van der Waals surface area (Å²) in [5.74, 6) is 0.219. The molecule has 0 N–H and O–H groups in total. The van der Waals surface area contributed by atoms with E-state index in [0.717, 1.165) is 25.7 Å². The predicted molar refractivity (Wildman–Crippen MR) is 48.1 cm³/mol. The molecule has 1 saturated heterocycles. The molecule has 0 aromatic rings. The van der Waals surface area contributed by atoms with Crippen LogP contribution in [-0.4, -0.2) is 11.9 Å². The van der Waals surface area contributed by atoms with Crippen molar-refractivity contribution in [2.24, 2.45) is 23.7 Å². The summed E-state index contributed by atoms with van der Waals surface area (Å²) >= 11 is 0. The first-order chi connectivity index (χ1) is 6.77. The highest BCUT2D eigenvalue weighted by atomic mass is 16.6. The van der Waals surface area contributed by atoms with Crippen molar-refractivity contribution in [2.45, 2.75) is 32.1 Å². The molecule has 0 radical (unpaired) electrons. The van der Waals surface area contributed by atoms with Gasteiger partial charge in [-0.25, -0.2) is 0 Å². The minimum Gasteiger partial charge on any atom is -0.393 e. The Labute approximate surface area is 82.8 Å². The average Bonchev–Trinajstić information content (AvgIpc) is 2.42. The number of ether oxygens (including phenoxy) is 1. The van der Waals surface area contributed by atoms with Crippen molar-refractivity contribution < 1.29 is 14.3 Å². The van der Waals surface area contributed by atoms with Crippen molar-refractivity contribution in [1.29, 1.82) is 0 Å². The maximum Gasteiger partial charge on any atom is 0.317 e. The summed E-state index contributed by atoms with van der Waals surface area (Å²) in [4.78, 5) is 23.0. The summed E-state index contributed by atoms with van der Waals surface area (Å²) in [5.41, 5.74) is 0. The third-order valence-corrected chi connectivity index (χ3v) is 4.21. The van der Waals surface area contributed by atoms with Gasteiger partial charge in [0.2, 0.25) is 0 Å². The van der Waals surface area contributed by atoms with Gasteiger partial charge in [-0.2, -0.15) is 0 Å². The topological polar surface area (TPSA) is 43.4 Å². The number of esters is 2. The molecule has 14 heavy (non-hydrogen) atoms. The fraction of sp³-hybridized carbons (Fsp3) is 0.818. The van der Waals surface area contributed by atoms with Crippen LogP contribution in [0.4, 0.5) is 0 Å². The highest BCUT2D eigenvalue weighted by Gasteiger charge is 2.54. The second kappa shape index (κ2) is 2.81. The van der Waals surface area contributed by atoms with Gasteiger partial charge in [0.25, 0.3) is 0 Å². The number of hydrogen-bond acceptors (Lipinski definition) is 3. The van der Waals surface area contributed by atoms with E-state index in [-0.39, 0.29) is 23.8 Å². The standard InChI is InChI=1S/C11H14O3/c12-10-8-6-2-1-3-7(5-4-6)9(8)11(13)14-10/h6-9H,1-5H2. The fourth-order valence-electron chi connectivity index (χ4n) is 3.58. The third-order valence-electron chi connectivity index (χ3n) is 4.21. The molecule has 3 aliphatic carbocycles. The van der Waals surface area contributed by atoms with Gasteiger partial charge in [-0.3, -0.25) is 9.59 Å². The molecule has 0 aromatic carbocycles.